The molecule has 232 valence electrons. The Morgan fingerprint density at radius 2 is 1.08 bits per heavy atom. The Labute approximate surface area is 286 Å². The molecule has 2 aromatic heterocycles. The first-order valence-electron chi connectivity index (χ1n) is 16.9. The second-order valence-corrected chi connectivity index (χ2v) is 12.5. The number of hydrogen-bond donors (Lipinski definition) is 0. The van der Waals surface area contributed by atoms with Crippen LogP contribution >= 0.6 is 0 Å². The van der Waals surface area contributed by atoms with E-state index < -0.39 is 0 Å². The maximum absolute atomic E-state index is 5.30. The summed E-state index contributed by atoms with van der Waals surface area (Å²) >= 11 is 0. The van der Waals surface area contributed by atoms with Crippen molar-refractivity contribution in [3.8, 4) is 50.7 Å². The van der Waals surface area contributed by atoms with Crippen LogP contribution in [0.2, 0.25) is 0 Å². The molecule has 0 N–H and O–H groups in total. The van der Waals surface area contributed by atoms with Gasteiger partial charge in [-0.3, -0.25) is 4.57 Å². The van der Waals surface area contributed by atoms with Gasteiger partial charge in [-0.2, -0.15) is 0 Å². The van der Waals surface area contributed by atoms with Gasteiger partial charge < -0.3 is 0 Å². The van der Waals surface area contributed by atoms with E-state index in [0.717, 1.165) is 46.5 Å². The van der Waals surface area contributed by atoms with Gasteiger partial charge in [-0.15, -0.1) is 0 Å². The second kappa shape index (κ2) is 12.4. The average Bonchev–Trinajstić information content (AvgIpc) is 3.52. The van der Waals surface area contributed by atoms with Crippen molar-refractivity contribution in [2.75, 3.05) is 0 Å². The van der Waals surface area contributed by atoms with Crippen LogP contribution in [0.4, 0.5) is 0 Å². The van der Waals surface area contributed by atoms with Crippen molar-refractivity contribution >= 4 is 27.4 Å². The fourth-order valence-corrected chi connectivity index (χ4v) is 7.06. The van der Waals surface area contributed by atoms with Crippen LogP contribution in [0.25, 0.3) is 78.1 Å². The Morgan fingerprint density at radius 3 is 1.86 bits per heavy atom. The Kier molecular flexibility index (Phi) is 7.29. The lowest BCUT2D eigenvalue weighted by molar-refractivity contribution is 1.04. The number of para-hydroxylation sites is 1. The lowest BCUT2D eigenvalue weighted by atomic mass is 9.91. The zero-order valence-electron chi connectivity index (χ0n) is 27.0. The predicted octanol–water partition coefficient (Wildman–Crippen LogP) is 12.0. The number of hydrogen-bond acceptors (Lipinski definition) is 2. The van der Waals surface area contributed by atoms with Crippen molar-refractivity contribution in [1.29, 1.82) is 0 Å². The Hall–Kier alpha value is -6.32. The summed E-state index contributed by atoms with van der Waals surface area (Å²) in [4.78, 5) is 10.4. The maximum atomic E-state index is 5.30. The molecular formula is C46H33N3. The molecule has 1 aliphatic rings. The van der Waals surface area contributed by atoms with Crippen molar-refractivity contribution in [3.63, 3.8) is 0 Å². The van der Waals surface area contributed by atoms with Crippen molar-refractivity contribution in [3.05, 3.63) is 182 Å². The molecule has 6 aromatic carbocycles. The zero-order chi connectivity index (χ0) is 32.6. The third-order valence-corrected chi connectivity index (χ3v) is 9.48. The molecule has 49 heavy (non-hydrogen) atoms. The summed E-state index contributed by atoms with van der Waals surface area (Å²) in [5, 5.41) is 2.39. The van der Waals surface area contributed by atoms with Gasteiger partial charge in [0.05, 0.1) is 16.7 Å². The first-order valence-corrected chi connectivity index (χ1v) is 16.9. The molecule has 8 aromatic rings. The molecule has 0 aliphatic heterocycles. The quantitative estimate of drug-likeness (QED) is 0.184. The smallest absolute Gasteiger partial charge is 0.162 e. The number of rotatable bonds is 6. The van der Waals surface area contributed by atoms with Crippen molar-refractivity contribution in [2.24, 2.45) is 0 Å². The first-order chi connectivity index (χ1) is 24.3. The minimum absolute atomic E-state index is 0.694. The van der Waals surface area contributed by atoms with E-state index in [-0.39, 0.29) is 0 Å². The van der Waals surface area contributed by atoms with Gasteiger partial charge in [-0.05, 0) is 58.4 Å². The number of fused-ring (bicyclic) bond motifs is 3. The highest BCUT2D eigenvalue weighted by atomic mass is 15.1. The van der Waals surface area contributed by atoms with E-state index >= 15 is 0 Å². The molecule has 0 fully saturated rings. The Morgan fingerprint density at radius 1 is 0.449 bits per heavy atom. The molecule has 0 unspecified atom stereocenters. The number of benzene rings is 6. The molecule has 2 heterocycles. The van der Waals surface area contributed by atoms with Gasteiger partial charge in [0.2, 0.25) is 0 Å². The molecule has 0 radical (unpaired) electrons. The predicted molar refractivity (Wildman–Crippen MR) is 204 cm³/mol. The second-order valence-electron chi connectivity index (χ2n) is 12.5. The monoisotopic (exact) mass is 627 g/mol. The van der Waals surface area contributed by atoms with E-state index in [1.807, 2.05) is 12.1 Å². The molecule has 0 saturated carbocycles. The van der Waals surface area contributed by atoms with Gasteiger partial charge in [-0.1, -0.05) is 158 Å². The average molecular weight is 628 g/mol. The van der Waals surface area contributed by atoms with Crippen LogP contribution < -0.4 is 0 Å². The molecule has 1 aliphatic carbocycles. The summed E-state index contributed by atoms with van der Waals surface area (Å²) in [6.07, 6.45) is 9.06. The van der Waals surface area contributed by atoms with Crippen LogP contribution in [0.1, 0.15) is 18.4 Å². The standard InChI is InChI=1S/C46H33N3/c1-4-14-32(15-5-1)33-24-26-36(27-25-33)46-47-42(35-18-8-3-9-19-35)31-45(48-46)49-43-23-13-12-22-40(43)41-29-28-37(30-44(41)49)39-21-11-10-20-38(39)34-16-6-2-7-17-34/h1,3-6,8-31H,2,7H2. The third kappa shape index (κ3) is 5.36. The van der Waals surface area contributed by atoms with Crippen molar-refractivity contribution < 1.29 is 0 Å². The molecule has 0 spiro atoms. The largest absolute Gasteiger partial charge is 0.294 e. The molecule has 0 atom stereocenters. The molecule has 0 bridgehead atoms. The molecular weight excluding hydrogens is 595 g/mol. The normalized spacial score (nSPS) is 12.8. The highest BCUT2D eigenvalue weighted by Crippen LogP contribution is 2.38. The summed E-state index contributed by atoms with van der Waals surface area (Å²) in [5.41, 5.74) is 12.5. The van der Waals surface area contributed by atoms with E-state index in [2.05, 4.69) is 168 Å². The maximum Gasteiger partial charge on any atom is 0.162 e. The van der Waals surface area contributed by atoms with Crippen LogP contribution in [0.3, 0.4) is 0 Å². The molecule has 0 amide bonds. The molecule has 0 saturated heterocycles. The van der Waals surface area contributed by atoms with Gasteiger partial charge in [0, 0.05) is 28.0 Å². The molecule has 3 nitrogen and oxygen atoms in total. The summed E-state index contributed by atoms with van der Waals surface area (Å²) in [6.45, 7) is 0. The van der Waals surface area contributed by atoms with E-state index in [4.69, 9.17) is 9.97 Å². The number of allylic oxidation sites excluding steroid dienone is 4. The summed E-state index contributed by atoms with van der Waals surface area (Å²) in [6, 6.07) is 55.8. The Balaban J connectivity index is 1.25. The molecule has 9 rings (SSSR count). The highest BCUT2D eigenvalue weighted by molar-refractivity contribution is 6.10. The summed E-state index contributed by atoms with van der Waals surface area (Å²) in [5.74, 6) is 1.53. The highest BCUT2D eigenvalue weighted by Gasteiger charge is 2.18. The minimum Gasteiger partial charge on any atom is -0.294 e. The third-order valence-electron chi connectivity index (χ3n) is 9.48. The van der Waals surface area contributed by atoms with Gasteiger partial charge in [-0.25, -0.2) is 9.97 Å². The topological polar surface area (TPSA) is 30.7 Å². The minimum atomic E-state index is 0.694. The van der Waals surface area contributed by atoms with E-state index in [0.29, 0.717) is 5.82 Å². The summed E-state index contributed by atoms with van der Waals surface area (Å²) < 4.78 is 2.31. The van der Waals surface area contributed by atoms with Gasteiger partial charge in [0.1, 0.15) is 5.82 Å². The lowest BCUT2D eigenvalue weighted by Gasteiger charge is -2.15. The molecule has 3 heteroatoms. The fourth-order valence-electron chi connectivity index (χ4n) is 7.06. The van der Waals surface area contributed by atoms with Crippen molar-refractivity contribution in [1.82, 2.24) is 14.5 Å². The number of aromatic nitrogens is 3. The zero-order valence-corrected chi connectivity index (χ0v) is 27.0. The Bertz CT molecular complexity index is 2520. The number of nitrogens with zero attached hydrogens (tertiary/aromatic N) is 3. The van der Waals surface area contributed by atoms with Gasteiger partial charge in [0.15, 0.2) is 5.82 Å². The lowest BCUT2D eigenvalue weighted by Crippen LogP contribution is -2.02. The SMILES string of the molecule is C1=CC(c2ccccc2-c2ccc3c4ccccc4n(-c4cc(-c5ccccc5)nc(-c5ccc(-c6ccccc6)cc5)n4)c3c2)=CCC1. The van der Waals surface area contributed by atoms with Gasteiger partial charge in [0.25, 0.3) is 0 Å². The van der Waals surface area contributed by atoms with Crippen molar-refractivity contribution in [2.45, 2.75) is 12.8 Å². The van der Waals surface area contributed by atoms with Crippen LogP contribution in [0.15, 0.2) is 176 Å². The van der Waals surface area contributed by atoms with Crippen LogP contribution in [-0.4, -0.2) is 14.5 Å². The summed E-state index contributed by atoms with van der Waals surface area (Å²) in [7, 11) is 0. The van der Waals surface area contributed by atoms with Crippen LogP contribution in [0, 0.1) is 0 Å². The van der Waals surface area contributed by atoms with E-state index in [9.17, 15) is 0 Å². The van der Waals surface area contributed by atoms with Gasteiger partial charge >= 0.3 is 0 Å². The van der Waals surface area contributed by atoms with E-state index in [1.54, 1.807) is 0 Å². The fraction of sp³-hybridized carbons (Fsp3) is 0.0435. The van der Waals surface area contributed by atoms with Crippen LogP contribution in [0.5, 0.6) is 0 Å². The van der Waals surface area contributed by atoms with E-state index in [1.165, 1.54) is 44.2 Å². The first kappa shape index (κ1) is 28.9. The van der Waals surface area contributed by atoms with Crippen LogP contribution in [-0.2, 0) is 0 Å².